The van der Waals surface area contributed by atoms with Crippen molar-refractivity contribution < 1.29 is 18.0 Å². The molecule has 0 saturated carbocycles. The summed E-state index contributed by atoms with van der Waals surface area (Å²) in [5, 5.41) is 10.5. The number of carbonyl (C=O) groups is 1. The number of halogens is 3. The molecule has 3 heterocycles. The summed E-state index contributed by atoms with van der Waals surface area (Å²) in [7, 11) is 0. The largest absolute Gasteiger partial charge is 0.401 e. The fraction of sp³-hybridized carbons (Fsp3) is 0.375. The number of aryl methyl sites for hydroxylation is 1. The molecule has 178 valence electrons. The lowest BCUT2D eigenvalue weighted by Gasteiger charge is -2.20. The zero-order valence-electron chi connectivity index (χ0n) is 18.4. The average Bonchev–Trinajstić information content (AvgIpc) is 3.50. The molecule has 34 heavy (non-hydrogen) atoms. The van der Waals surface area contributed by atoms with Gasteiger partial charge < -0.3 is 5.32 Å². The minimum Gasteiger partial charge on any atom is -0.333 e. The van der Waals surface area contributed by atoms with Gasteiger partial charge in [-0.3, -0.25) is 15.2 Å². The van der Waals surface area contributed by atoms with Crippen LogP contribution in [0.4, 0.5) is 23.8 Å². The van der Waals surface area contributed by atoms with E-state index in [2.05, 4.69) is 15.6 Å². The summed E-state index contributed by atoms with van der Waals surface area (Å²) >= 11 is 0. The van der Waals surface area contributed by atoms with E-state index in [4.69, 9.17) is 5.10 Å². The van der Waals surface area contributed by atoms with Crippen LogP contribution in [-0.4, -0.2) is 57.5 Å². The molecule has 2 amide bonds. The Hall–Kier alpha value is -3.40. The highest BCUT2D eigenvalue weighted by atomic mass is 19.4. The van der Waals surface area contributed by atoms with Gasteiger partial charge >= 0.3 is 12.2 Å². The number of hydrogen-bond acceptors (Lipinski definition) is 4. The predicted molar refractivity (Wildman–Crippen MR) is 121 cm³/mol. The minimum absolute atomic E-state index is 0.0875. The van der Waals surface area contributed by atoms with Crippen molar-refractivity contribution in [3.05, 3.63) is 71.7 Å². The lowest BCUT2D eigenvalue weighted by atomic mass is 9.99. The number of urea groups is 1. The summed E-state index contributed by atoms with van der Waals surface area (Å²) in [6.07, 6.45) is -0.0606. The van der Waals surface area contributed by atoms with E-state index in [0.717, 1.165) is 36.2 Å². The number of nitrogens with zero attached hydrogens (tertiary/aromatic N) is 4. The first-order valence-corrected chi connectivity index (χ1v) is 11.3. The first kappa shape index (κ1) is 22.4. The Balaban J connectivity index is 1.36. The molecule has 0 unspecified atom stereocenters. The molecule has 2 aromatic heterocycles. The van der Waals surface area contributed by atoms with Crippen molar-refractivity contribution >= 4 is 11.8 Å². The maximum absolute atomic E-state index is 13.1. The second-order valence-electron chi connectivity index (χ2n) is 8.75. The van der Waals surface area contributed by atoms with E-state index >= 15 is 0 Å². The van der Waals surface area contributed by atoms with Gasteiger partial charge in [0.1, 0.15) is 5.82 Å². The van der Waals surface area contributed by atoms with E-state index in [9.17, 15) is 18.0 Å². The summed E-state index contributed by atoms with van der Waals surface area (Å²) in [4.78, 5) is 18.7. The van der Waals surface area contributed by atoms with Crippen LogP contribution in [0.2, 0.25) is 0 Å². The summed E-state index contributed by atoms with van der Waals surface area (Å²) in [6, 6.07) is 13.9. The Bertz CT molecular complexity index is 1150. The number of pyridine rings is 1. The number of rotatable bonds is 5. The third-order valence-corrected chi connectivity index (χ3v) is 6.32. The van der Waals surface area contributed by atoms with E-state index in [-0.39, 0.29) is 19.0 Å². The van der Waals surface area contributed by atoms with Crippen molar-refractivity contribution in [3.8, 4) is 5.69 Å². The monoisotopic (exact) mass is 470 g/mol. The summed E-state index contributed by atoms with van der Waals surface area (Å²) in [5.74, 6) is 0.259. The third kappa shape index (κ3) is 4.77. The Morgan fingerprint density at radius 3 is 2.59 bits per heavy atom. The summed E-state index contributed by atoms with van der Waals surface area (Å²) in [6.45, 7) is -0.770. The molecule has 0 spiro atoms. The van der Waals surface area contributed by atoms with Gasteiger partial charge in [-0.05, 0) is 43.5 Å². The quantitative estimate of drug-likeness (QED) is 0.593. The zero-order chi connectivity index (χ0) is 23.7. The molecule has 0 radical (unpaired) electrons. The van der Waals surface area contributed by atoms with Gasteiger partial charge in [-0.1, -0.05) is 24.3 Å². The molecule has 0 bridgehead atoms. The number of hydrogen-bond donors (Lipinski definition) is 2. The predicted octanol–water partition coefficient (Wildman–Crippen LogP) is 3.91. The standard InChI is InChI=1S/C24H25F3N6O/c25-24(26,27)15-32-13-18(19-10-4-5-12-28-19)21(14-32)29-23(34)30-22-17-9-6-11-20(17)31-33(22)16-7-2-1-3-8-16/h1-5,7-8,10,12,18,21H,6,9,11,13-15H2,(H2,29,30,34)/t18-,21+/m0/s1. The number of fused-ring (bicyclic) bond motifs is 1. The number of para-hydroxylation sites is 1. The fourth-order valence-corrected chi connectivity index (χ4v) is 4.90. The smallest absolute Gasteiger partial charge is 0.333 e. The van der Waals surface area contributed by atoms with Crippen LogP contribution in [0.3, 0.4) is 0 Å². The van der Waals surface area contributed by atoms with Gasteiger partial charge in [-0.2, -0.15) is 18.3 Å². The van der Waals surface area contributed by atoms with Crippen molar-refractivity contribution in [2.45, 2.75) is 37.4 Å². The van der Waals surface area contributed by atoms with Gasteiger partial charge in [-0.25, -0.2) is 9.48 Å². The van der Waals surface area contributed by atoms with Crippen molar-refractivity contribution in [2.24, 2.45) is 0 Å². The topological polar surface area (TPSA) is 75.1 Å². The number of nitrogens with one attached hydrogen (secondary N) is 2. The van der Waals surface area contributed by atoms with Crippen molar-refractivity contribution in [2.75, 3.05) is 25.0 Å². The molecular weight excluding hydrogens is 445 g/mol. The number of amides is 2. The Morgan fingerprint density at radius 1 is 1.06 bits per heavy atom. The molecular formula is C24H25F3N6O. The first-order valence-electron chi connectivity index (χ1n) is 11.3. The number of likely N-dealkylation sites (tertiary alicyclic amines) is 1. The molecule has 7 nitrogen and oxygen atoms in total. The first-order chi connectivity index (χ1) is 16.4. The van der Waals surface area contributed by atoms with Crippen LogP contribution in [0.1, 0.15) is 29.3 Å². The van der Waals surface area contributed by atoms with Gasteiger partial charge in [0.25, 0.3) is 0 Å². The van der Waals surface area contributed by atoms with E-state index in [1.54, 1.807) is 29.1 Å². The van der Waals surface area contributed by atoms with Crippen molar-refractivity contribution in [1.82, 2.24) is 25.0 Å². The lowest BCUT2D eigenvalue weighted by Crippen LogP contribution is -2.43. The molecule has 2 N–H and O–H groups in total. The maximum atomic E-state index is 13.1. The maximum Gasteiger partial charge on any atom is 0.401 e. The molecule has 1 aliphatic heterocycles. The molecule has 3 aromatic rings. The van der Waals surface area contributed by atoms with Gasteiger partial charge in [0, 0.05) is 36.5 Å². The van der Waals surface area contributed by atoms with Gasteiger partial charge in [0.05, 0.1) is 24.0 Å². The van der Waals surface area contributed by atoms with Crippen LogP contribution in [0.5, 0.6) is 0 Å². The van der Waals surface area contributed by atoms with Crippen LogP contribution in [0.25, 0.3) is 5.69 Å². The highest BCUT2D eigenvalue weighted by Gasteiger charge is 2.41. The molecule has 1 fully saturated rings. The number of aromatic nitrogens is 3. The zero-order valence-corrected chi connectivity index (χ0v) is 18.4. The fourth-order valence-electron chi connectivity index (χ4n) is 4.90. The van der Waals surface area contributed by atoms with Crippen LogP contribution in [-0.2, 0) is 12.8 Å². The molecule has 1 aromatic carbocycles. The number of alkyl halides is 3. The van der Waals surface area contributed by atoms with E-state index in [0.29, 0.717) is 11.5 Å². The van der Waals surface area contributed by atoms with Gasteiger partial charge in [0.2, 0.25) is 0 Å². The minimum atomic E-state index is -4.31. The highest BCUT2D eigenvalue weighted by molar-refractivity contribution is 5.90. The second-order valence-corrected chi connectivity index (χ2v) is 8.75. The highest BCUT2D eigenvalue weighted by Crippen LogP contribution is 2.32. The number of carbonyl (C=O) groups excluding carboxylic acids is 1. The average molecular weight is 470 g/mol. The summed E-state index contributed by atoms with van der Waals surface area (Å²) < 4.78 is 40.9. The molecule has 2 aliphatic rings. The van der Waals surface area contributed by atoms with E-state index < -0.39 is 24.8 Å². The van der Waals surface area contributed by atoms with E-state index in [1.807, 2.05) is 30.3 Å². The molecule has 5 rings (SSSR count). The SMILES string of the molecule is O=C(Nc1c2c(nn1-c1ccccc1)CCC2)N[C@@H]1CN(CC(F)(F)F)C[C@H]1c1ccccn1. The van der Waals surface area contributed by atoms with E-state index in [1.165, 1.54) is 4.90 Å². The Morgan fingerprint density at radius 2 is 1.85 bits per heavy atom. The van der Waals surface area contributed by atoms with Crippen LogP contribution in [0.15, 0.2) is 54.7 Å². The van der Waals surface area contributed by atoms with Crippen LogP contribution in [0, 0.1) is 0 Å². The number of anilines is 1. The van der Waals surface area contributed by atoms with Gasteiger partial charge in [-0.15, -0.1) is 0 Å². The molecule has 2 atom stereocenters. The van der Waals surface area contributed by atoms with Crippen molar-refractivity contribution in [3.63, 3.8) is 0 Å². The van der Waals surface area contributed by atoms with Crippen molar-refractivity contribution in [1.29, 1.82) is 0 Å². The second kappa shape index (κ2) is 9.09. The normalized spacial score (nSPS) is 20.3. The Labute approximate surface area is 195 Å². The number of benzene rings is 1. The molecule has 1 aliphatic carbocycles. The van der Waals surface area contributed by atoms with Gasteiger partial charge in [0.15, 0.2) is 0 Å². The Kier molecular flexibility index (Phi) is 5.99. The summed E-state index contributed by atoms with van der Waals surface area (Å²) in [5.41, 5.74) is 3.46. The molecule has 10 heteroatoms. The lowest BCUT2D eigenvalue weighted by molar-refractivity contribution is -0.143. The van der Waals surface area contributed by atoms with Crippen LogP contribution < -0.4 is 10.6 Å². The molecule has 1 saturated heterocycles. The third-order valence-electron chi connectivity index (χ3n) is 6.32. The van der Waals surface area contributed by atoms with Crippen LogP contribution >= 0.6 is 0 Å².